The van der Waals surface area contributed by atoms with Crippen molar-refractivity contribution in [2.45, 2.75) is 32.6 Å². The molecule has 0 saturated carbocycles. The molecule has 0 aliphatic rings. The molecule has 0 spiro atoms. The van der Waals surface area contributed by atoms with Crippen molar-refractivity contribution in [3.05, 3.63) is 46.7 Å². The molecule has 1 aromatic carbocycles. The topological polar surface area (TPSA) is 29.9 Å². The number of anilines is 1. The predicted octanol–water partition coefficient (Wildman–Crippen LogP) is 4.58. The average Bonchev–Trinajstić information content (AvgIpc) is 2.84. The number of nitrogens with zero attached hydrogens (tertiary/aromatic N) is 2. The van der Waals surface area contributed by atoms with Gasteiger partial charge in [0.05, 0.1) is 28.5 Å². The van der Waals surface area contributed by atoms with E-state index in [4.69, 9.17) is 11.6 Å². The second-order valence-corrected chi connectivity index (χ2v) is 5.00. The van der Waals surface area contributed by atoms with Gasteiger partial charge >= 0.3 is 6.18 Å². The van der Waals surface area contributed by atoms with Crippen LogP contribution in [0.15, 0.2) is 30.5 Å². The quantitative estimate of drug-likeness (QED) is 0.875. The molecule has 2 aromatic rings. The molecule has 0 aliphatic heterocycles. The second-order valence-electron chi connectivity index (χ2n) is 4.59. The number of benzene rings is 1. The Morgan fingerprint density at radius 3 is 2.67 bits per heavy atom. The third kappa shape index (κ3) is 3.91. The molecule has 0 atom stereocenters. The van der Waals surface area contributed by atoms with Crippen LogP contribution in [-0.4, -0.2) is 9.78 Å². The molecule has 0 radical (unpaired) electrons. The van der Waals surface area contributed by atoms with E-state index >= 15 is 0 Å². The molecular weight excluding hydrogens is 303 g/mol. The molecule has 114 valence electrons. The molecular formula is C14H15ClF3N3. The van der Waals surface area contributed by atoms with E-state index in [2.05, 4.69) is 10.4 Å². The fraction of sp³-hybridized carbons (Fsp3) is 0.357. The van der Waals surface area contributed by atoms with Crippen LogP contribution in [0.3, 0.4) is 0 Å². The van der Waals surface area contributed by atoms with Crippen LogP contribution in [0, 0.1) is 0 Å². The molecule has 3 nitrogen and oxygen atoms in total. The van der Waals surface area contributed by atoms with Gasteiger partial charge in [-0.15, -0.1) is 0 Å². The maximum Gasteiger partial charge on any atom is 0.416 e. The maximum atomic E-state index is 12.6. The Kier molecular flexibility index (Phi) is 4.77. The highest BCUT2D eigenvalue weighted by molar-refractivity contribution is 6.33. The third-order valence-corrected chi connectivity index (χ3v) is 3.31. The van der Waals surface area contributed by atoms with Gasteiger partial charge in [-0.1, -0.05) is 18.5 Å². The van der Waals surface area contributed by atoms with Crippen molar-refractivity contribution in [3.8, 4) is 0 Å². The molecule has 1 aromatic heterocycles. The summed E-state index contributed by atoms with van der Waals surface area (Å²) >= 11 is 5.89. The summed E-state index contributed by atoms with van der Waals surface area (Å²) in [6.07, 6.45) is -1.74. The molecule has 1 N–H and O–H groups in total. The summed E-state index contributed by atoms with van der Waals surface area (Å²) in [6.45, 7) is 3.29. The Morgan fingerprint density at radius 1 is 1.29 bits per heavy atom. The van der Waals surface area contributed by atoms with Crippen LogP contribution < -0.4 is 5.32 Å². The molecule has 7 heteroatoms. The van der Waals surface area contributed by atoms with Crippen LogP contribution in [0.5, 0.6) is 0 Å². The van der Waals surface area contributed by atoms with Gasteiger partial charge in [-0.3, -0.25) is 4.68 Å². The summed E-state index contributed by atoms with van der Waals surface area (Å²) < 4.78 is 39.5. The zero-order valence-corrected chi connectivity index (χ0v) is 12.2. The maximum absolute atomic E-state index is 12.6. The summed E-state index contributed by atoms with van der Waals surface area (Å²) in [5.74, 6) is 0. The van der Waals surface area contributed by atoms with E-state index in [1.807, 2.05) is 17.7 Å². The highest BCUT2D eigenvalue weighted by Crippen LogP contribution is 2.33. The number of hydrogen-bond acceptors (Lipinski definition) is 2. The van der Waals surface area contributed by atoms with Gasteiger partial charge in [-0.25, -0.2) is 0 Å². The van der Waals surface area contributed by atoms with Crippen molar-refractivity contribution in [3.63, 3.8) is 0 Å². The summed E-state index contributed by atoms with van der Waals surface area (Å²) in [5.41, 5.74) is 0.663. The van der Waals surface area contributed by atoms with Crippen LogP contribution in [0.4, 0.5) is 18.9 Å². The number of aryl methyl sites for hydroxylation is 1. The van der Waals surface area contributed by atoms with Gasteiger partial charge in [0, 0.05) is 12.7 Å². The first-order valence-corrected chi connectivity index (χ1v) is 6.91. The van der Waals surface area contributed by atoms with Gasteiger partial charge in [-0.2, -0.15) is 18.3 Å². The fourth-order valence-electron chi connectivity index (χ4n) is 1.94. The monoisotopic (exact) mass is 317 g/mol. The normalized spacial score (nSPS) is 11.7. The van der Waals surface area contributed by atoms with Crippen molar-refractivity contribution >= 4 is 17.3 Å². The van der Waals surface area contributed by atoms with Crippen molar-refractivity contribution < 1.29 is 13.2 Å². The van der Waals surface area contributed by atoms with E-state index in [-0.39, 0.29) is 5.02 Å². The van der Waals surface area contributed by atoms with Crippen molar-refractivity contribution in [2.24, 2.45) is 0 Å². The second kappa shape index (κ2) is 6.39. The Hall–Kier alpha value is -1.69. The van der Waals surface area contributed by atoms with Crippen LogP contribution >= 0.6 is 11.6 Å². The van der Waals surface area contributed by atoms with Crippen molar-refractivity contribution in [2.75, 3.05) is 5.32 Å². The van der Waals surface area contributed by atoms with Gasteiger partial charge in [-0.05, 0) is 30.7 Å². The zero-order chi connectivity index (χ0) is 15.5. The summed E-state index contributed by atoms with van der Waals surface area (Å²) in [7, 11) is 0. The molecule has 2 rings (SSSR count). The van der Waals surface area contributed by atoms with Crippen LogP contribution in [-0.2, 0) is 19.3 Å². The summed E-state index contributed by atoms with van der Waals surface area (Å²) in [5, 5.41) is 7.26. The Morgan fingerprint density at radius 2 is 2.05 bits per heavy atom. The highest BCUT2D eigenvalue weighted by atomic mass is 35.5. The average molecular weight is 318 g/mol. The van der Waals surface area contributed by atoms with Crippen molar-refractivity contribution in [1.82, 2.24) is 9.78 Å². The minimum Gasteiger partial charge on any atom is -0.378 e. The van der Waals surface area contributed by atoms with E-state index < -0.39 is 11.7 Å². The Bertz CT molecular complexity index is 608. The van der Waals surface area contributed by atoms with E-state index in [1.165, 1.54) is 6.07 Å². The first kappa shape index (κ1) is 15.7. The molecule has 0 saturated heterocycles. The number of halogens is 4. The lowest BCUT2D eigenvalue weighted by Crippen LogP contribution is -2.10. The van der Waals surface area contributed by atoms with E-state index in [9.17, 15) is 13.2 Å². The number of nitrogens with one attached hydrogen (secondary N) is 1. The fourth-order valence-corrected chi connectivity index (χ4v) is 2.19. The molecule has 0 unspecified atom stereocenters. The zero-order valence-electron chi connectivity index (χ0n) is 11.4. The number of hydrogen-bond donors (Lipinski definition) is 1. The number of rotatable bonds is 5. The standard InChI is InChI=1S/C14H15ClF3N3/c1-2-7-21-11(5-6-20-21)9-19-13-4-3-10(8-12(13)15)14(16,17)18/h3-6,8,19H,2,7,9H2,1H3. The summed E-state index contributed by atoms with van der Waals surface area (Å²) in [4.78, 5) is 0. The first-order valence-electron chi connectivity index (χ1n) is 6.53. The molecule has 21 heavy (non-hydrogen) atoms. The van der Waals surface area contributed by atoms with Crippen LogP contribution in [0.1, 0.15) is 24.6 Å². The minimum absolute atomic E-state index is 0.0476. The van der Waals surface area contributed by atoms with E-state index in [1.54, 1.807) is 6.20 Å². The SMILES string of the molecule is CCCn1nccc1CNc1ccc(C(F)(F)F)cc1Cl. The molecule has 0 aliphatic carbocycles. The highest BCUT2D eigenvalue weighted by Gasteiger charge is 2.30. The lowest BCUT2D eigenvalue weighted by molar-refractivity contribution is -0.137. The molecule has 0 amide bonds. The summed E-state index contributed by atoms with van der Waals surface area (Å²) in [6, 6.07) is 5.14. The van der Waals surface area contributed by atoms with Gasteiger partial charge in [0.25, 0.3) is 0 Å². The minimum atomic E-state index is -4.39. The van der Waals surface area contributed by atoms with Gasteiger partial charge in [0.15, 0.2) is 0 Å². The number of aromatic nitrogens is 2. The third-order valence-electron chi connectivity index (χ3n) is 3.00. The largest absolute Gasteiger partial charge is 0.416 e. The lowest BCUT2D eigenvalue weighted by Gasteiger charge is -2.12. The van der Waals surface area contributed by atoms with Gasteiger partial charge in [0.1, 0.15) is 0 Å². The van der Waals surface area contributed by atoms with E-state index in [0.29, 0.717) is 12.2 Å². The molecule has 0 fully saturated rings. The Labute approximate surface area is 125 Å². The van der Waals surface area contributed by atoms with Gasteiger partial charge < -0.3 is 5.32 Å². The Balaban J connectivity index is 2.08. The smallest absolute Gasteiger partial charge is 0.378 e. The van der Waals surface area contributed by atoms with Crippen LogP contribution in [0.2, 0.25) is 5.02 Å². The molecule has 0 bridgehead atoms. The molecule has 1 heterocycles. The van der Waals surface area contributed by atoms with E-state index in [0.717, 1.165) is 30.8 Å². The van der Waals surface area contributed by atoms with Crippen LogP contribution in [0.25, 0.3) is 0 Å². The number of alkyl halides is 3. The predicted molar refractivity (Wildman–Crippen MR) is 76.3 cm³/mol. The van der Waals surface area contributed by atoms with Gasteiger partial charge in [0.2, 0.25) is 0 Å². The van der Waals surface area contributed by atoms with Crippen molar-refractivity contribution in [1.29, 1.82) is 0 Å². The lowest BCUT2D eigenvalue weighted by atomic mass is 10.2. The first-order chi connectivity index (χ1) is 9.91.